The van der Waals surface area contributed by atoms with Crippen molar-refractivity contribution in [2.24, 2.45) is 0 Å². The molecule has 2 amide bonds. The van der Waals surface area contributed by atoms with E-state index in [1.165, 1.54) is 0 Å². The highest BCUT2D eigenvalue weighted by atomic mass is 127. The average Bonchev–Trinajstić information content (AvgIpc) is 2.64. The molecule has 3 N–H and O–H groups in total. The summed E-state index contributed by atoms with van der Waals surface area (Å²) in [5.41, 5.74) is 1.32. The first-order valence-electron chi connectivity index (χ1n) is 6.81. The van der Waals surface area contributed by atoms with E-state index >= 15 is 0 Å². The largest absolute Gasteiger partial charge is 0.389 e. The van der Waals surface area contributed by atoms with Gasteiger partial charge in [-0.3, -0.25) is 0 Å². The minimum atomic E-state index is -1.13. The highest BCUT2D eigenvalue weighted by Gasteiger charge is 2.44. The molecule has 1 fully saturated rings. The zero-order valence-electron chi connectivity index (χ0n) is 12.3. The van der Waals surface area contributed by atoms with Crippen LogP contribution in [0.15, 0.2) is 24.0 Å². The number of amides is 2. The van der Waals surface area contributed by atoms with Gasteiger partial charge in [0.15, 0.2) is 0 Å². The fourth-order valence-corrected chi connectivity index (χ4v) is 4.39. The van der Waals surface area contributed by atoms with Crippen molar-refractivity contribution in [2.45, 2.75) is 28.7 Å². The van der Waals surface area contributed by atoms with Crippen LogP contribution >= 0.6 is 29.5 Å². The highest BCUT2D eigenvalue weighted by molar-refractivity contribution is 14.1. The Balaban J connectivity index is 2.08. The molecule has 0 bridgehead atoms. The van der Waals surface area contributed by atoms with E-state index < -0.39 is 13.0 Å². The maximum Gasteiger partial charge on any atom is 0.323 e. The van der Waals surface area contributed by atoms with Crippen molar-refractivity contribution in [3.8, 4) is 0 Å². The smallest absolute Gasteiger partial charge is 0.323 e. The molecule has 5 nitrogen and oxygen atoms in total. The fraction of sp³-hybridized carbons (Fsp3) is 0.571. The van der Waals surface area contributed by atoms with Crippen LogP contribution in [-0.4, -0.2) is 59.2 Å². The molecule has 7 heteroatoms. The van der Waals surface area contributed by atoms with Crippen LogP contribution < -0.4 is 10.6 Å². The summed E-state index contributed by atoms with van der Waals surface area (Å²) >= 11 is 2.21. The van der Waals surface area contributed by atoms with Gasteiger partial charge in [0.1, 0.15) is 6.10 Å². The average molecular weight is 424 g/mol. The first-order valence-corrected chi connectivity index (χ1v) is 11.1. The van der Waals surface area contributed by atoms with Crippen LogP contribution in [0.4, 0.5) is 4.79 Å². The third-order valence-electron chi connectivity index (χ3n) is 3.61. The summed E-state index contributed by atoms with van der Waals surface area (Å²) in [4.78, 5) is 11.2. The SMILES string of the molecule is C=C1NC(=O)NC=C1[C@@H]1O[C@H](CCP(=C)(C)C)[C@@H](O)C1I. The molecule has 0 aromatic heterocycles. The van der Waals surface area contributed by atoms with Crippen molar-refractivity contribution in [2.75, 3.05) is 19.5 Å². The lowest BCUT2D eigenvalue weighted by molar-refractivity contribution is 0.0202. The molecule has 1 saturated heterocycles. The van der Waals surface area contributed by atoms with Gasteiger partial charge in [0.05, 0.1) is 16.1 Å². The van der Waals surface area contributed by atoms with Crippen LogP contribution in [0.3, 0.4) is 0 Å². The minimum Gasteiger partial charge on any atom is -0.389 e. The first kappa shape index (κ1) is 17.1. The number of urea groups is 1. The Morgan fingerprint density at radius 3 is 2.76 bits per heavy atom. The second-order valence-corrected chi connectivity index (χ2v) is 11.9. The molecule has 0 radical (unpaired) electrons. The van der Waals surface area contributed by atoms with E-state index in [0.717, 1.165) is 18.2 Å². The minimum absolute atomic E-state index is 0.0707. The number of carbonyl (C=O) groups excluding carboxylic acids is 1. The fourth-order valence-electron chi connectivity index (χ4n) is 2.42. The summed E-state index contributed by atoms with van der Waals surface area (Å²) in [7, 11) is 0. The molecule has 1 unspecified atom stereocenters. The number of hydrogen-bond donors (Lipinski definition) is 3. The second-order valence-electron chi connectivity index (χ2n) is 6.15. The molecule has 2 aliphatic rings. The van der Waals surface area contributed by atoms with Gasteiger partial charge >= 0.3 is 6.03 Å². The van der Waals surface area contributed by atoms with Gasteiger partial charge in [-0.15, -0.1) is 13.2 Å². The molecule has 21 heavy (non-hydrogen) atoms. The molecule has 0 aromatic carbocycles. The lowest BCUT2D eigenvalue weighted by Crippen LogP contribution is -2.40. The van der Waals surface area contributed by atoms with E-state index in [0.29, 0.717) is 5.70 Å². The first-order chi connectivity index (χ1) is 9.69. The lowest BCUT2D eigenvalue weighted by atomic mass is 10.0. The second kappa shape index (κ2) is 6.44. The maximum absolute atomic E-state index is 11.2. The topological polar surface area (TPSA) is 70.6 Å². The van der Waals surface area contributed by atoms with E-state index in [-0.39, 0.29) is 22.2 Å². The summed E-state index contributed by atoms with van der Waals surface area (Å²) in [6, 6.07) is -0.299. The number of aliphatic hydroxyl groups excluding tert-OH is 1. The third-order valence-corrected chi connectivity index (χ3v) is 6.47. The number of nitrogens with one attached hydrogen (secondary N) is 2. The molecule has 0 aliphatic carbocycles. The van der Waals surface area contributed by atoms with Gasteiger partial charge in [-0.1, -0.05) is 29.2 Å². The molecule has 0 aromatic rings. The lowest BCUT2D eigenvalue weighted by Gasteiger charge is -2.24. The zero-order chi connectivity index (χ0) is 15.8. The summed E-state index contributed by atoms with van der Waals surface area (Å²) in [6.45, 7) is 7.08. The van der Waals surface area contributed by atoms with E-state index in [9.17, 15) is 9.90 Å². The summed E-state index contributed by atoms with van der Waals surface area (Å²) in [5.74, 6) is 0. The van der Waals surface area contributed by atoms with Crippen LogP contribution in [0, 0.1) is 0 Å². The summed E-state index contributed by atoms with van der Waals surface area (Å²) in [6.07, 6.45) is 6.63. The van der Waals surface area contributed by atoms with Crippen LogP contribution in [0.25, 0.3) is 0 Å². The standard InChI is InChI=1S/C14H22IN2O3P/c1-8-9(7-16-14(19)17-8)13-11(15)12(18)10(20-13)5-6-21(2,3)4/h7,10-13,18H,1-2,5-6H2,3-4H3,(H2,16,17,19)/t10-,11?,12-,13+/m1/s1. The quantitative estimate of drug-likeness (QED) is 0.366. The Hall–Kier alpha value is -0.300. The Morgan fingerprint density at radius 1 is 1.52 bits per heavy atom. The van der Waals surface area contributed by atoms with Crippen LogP contribution in [-0.2, 0) is 4.74 Å². The van der Waals surface area contributed by atoms with Crippen LogP contribution in [0.2, 0.25) is 0 Å². The number of carbonyl (C=O) groups is 1. The normalized spacial score (nSPS) is 33.4. The molecule has 2 heterocycles. The van der Waals surface area contributed by atoms with E-state index in [1.807, 2.05) is 0 Å². The Kier molecular flexibility index (Phi) is 5.23. The molecule has 118 valence electrons. The van der Waals surface area contributed by atoms with Crippen LogP contribution in [0.5, 0.6) is 0 Å². The summed E-state index contributed by atoms with van der Waals surface area (Å²) in [5, 5.41) is 15.6. The number of alkyl halides is 1. The number of halogens is 1. The Bertz CT molecular complexity index is 528. The molecule has 2 aliphatic heterocycles. The van der Waals surface area contributed by atoms with Gasteiger partial charge in [-0.25, -0.2) is 4.79 Å². The van der Waals surface area contributed by atoms with Crippen molar-refractivity contribution >= 4 is 41.8 Å². The van der Waals surface area contributed by atoms with Gasteiger partial charge in [0.25, 0.3) is 0 Å². The maximum atomic E-state index is 11.2. The van der Waals surface area contributed by atoms with Gasteiger partial charge in [0, 0.05) is 17.5 Å². The van der Waals surface area contributed by atoms with E-state index in [1.54, 1.807) is 6.20 Å². The number of aliphatic hydroxyl groups is 1. The molecule has 0 saturated carbocycles. The summed E-state index contributed by atoms with van der Waals surface area (Å²) < 4.78 is 5.97. The number of ether oxygens (including phenoxy) is 1. The molecular formula is C14H22IN2O3P. The predicted octanol–water partition coefficient (Wildman–Crippen LogP) is 1.73. The monoisotopic (exact) mass is 424 g/mol. The number of hydrogen-bond acceptors (Lipinski definition) is 3. The van der Waals surface area contributed by atoms with Crippen molar-refractivity contribution in [1.29, 1.82) is 0 Å². The molecular weight excluding hydrogens is 402 g/mol. The van der Waals surface area contributed by atoms with Gasteiger partial charge < -0.3 is 20.5 Å². The molecule has 0 spiro atoms. The van der Waals surface area contributed by atoms with Crippen molar-refractivity contribution < 1.29 is 14.6 Å². The van der Waals surface area contributed by atoms with Gasteiger partial charge in [-0.05, 0) is 25.9 Å². The Morgan fingerprint density at radius 2 is 2.19 bits per heavy atom. The van der Waals surface area contributed by atoms with Crippen molar-refractivity contribution in [3.63, 3.8) is 0 Å². The van der Waals surface area contributed by atoms with Crippen molar-refractivity contribution in [1.82, 2.24) is 10.6 Å². The van der Waals surface area contributed by atoms with Gasteiger partial charge in [0.2, 0.25) is 0 Å². The Labute approximate surface area is 139 Å². The van der Waals surface area contributed by atoms with E-state index in [2.05, 4.69) is 59.4 Å². The highest BCUT2D eigenvalue weighted by Crippen LogP contribution is 2.40. The molecule has 4 atom stereocenters. The number of rotatable bonds is 4. The molecule has 2 rings (SSSR count). The zero-order valence-corrected chi connectivity index (χ0v) is 15.4. The van der Waals surface area contributed by atoms with Crippen LogP contribution in [0.1, 0.15) is 6.42 Å². The van der Waals surface area contributed by atoms with Crippen molar-refractivity contribution in [3.05, 3.63) is 24.0 Å². The predicted molar refractivity (Wildman–Crippen MR) is 96.7 cm³/mol. The van der Waals surface area contributed by atoms with Gasteiger partial charge in [-0.2, -0.15) is 0 Å². The third kappa shape index (κ3) is 4.12. The van der Waals surface area contributed by atoms with E-state index in [4.69, 9.17) is 4.74 Å².